The molecule has 1 saturated heterocycles. The number of rotatable bonds is 30. The highest BCUT2D eigenvalue weighted by Crippen LogP contribution is 2.44. The third-order valence-electron chi connectivity index (χ3n) is 8.47. The van der Waals surface area contributed by atoms with Crippen LogP contribution in [0.15, 0.2) is 0 Å². The molecule has 0 saturated carbocycles. The van der Waals surface area contributed by atoms with E-state index >= 15 is 0 Å². The van der Waals surface area contributed by atoms with Crippen LogP contribution in [0.3, 0.4) is 0 Å². The van der Waals surface area contributed by atoms with Crippen LogP contribution in [-0.2, 0) is 18.4 Å². The van der Waals surface area contributed by atoms with Crippen LogP contribution in [-0.4, -0.2) is 43.5 Å². The Morgan fingerprint density at radius 3 is 1.73 bits per heavy atom. The minimum atomic E-state index is -4.06. The zero-order valence-corrected chi connectivity index (χ0v) is 27.5. The molecule has 1 aliphatic rings. The number of unbranched alkanes of at least 4 members (excludes halogenated alkanes) is 16. The SMILES string of the molecule is CCCCCCCCCCCCCCCCCCCC(COP(=O)(O)OCCC[NH+]1CCCC1)CC(=O)CCC. The highest BCUT2D eigenvalue weighted by molar-refractivity contribution is 7.47. The van der Waals surface area contributed by atoms with E-state index < -0.39 is 7.82 Å². The van der Waals surface area contributed by atoms with E-state index in [0.717, 1.165) is 38.6 Å². The Hall–Kier alpha value is -0.260. The lowest BCUT2D eigenvalue weighted by Crippen LogP contribution is -3.10. The molecule has 238 valence electrons. The number of hydrogen-bond acceptors (Lipinski definition) is 4. The highest BCUT2D eigenvalue weighted by atomic mass is 31.2. The van der Waals surface area contributed by atoms with Crippen LogP contribution in [0.2, 0.25) is 0 Å². The number of hydrogen-bond donors (Lipinski definition) is 2. The van der Waals surface area contributed by atoms with E-state index in [1.54, 1.807) is 4.90 Å². The van der Waals surface area contributed by atoms with Gasteiger partial charge in [0.05, 0.1) is 32.8 Å². The van der Waals surface area contributed by atoms with Crippen molar-refractivity contribution in [3.05, 3.63) is 0 Å². The zero-order chi connectivity index (χ0) is 29.2. The van der Waals surface area contributed by atoms with E-state index in [0.29, 0.717) is 12.8 Å². The second-order valence-electron chi connectivity index (χ2n) is 12.5. The molecule has 1 aliphatic heterocycles. The summed E-state index contributed by atoms with van der Waals surface area (Å²) in [7, 11) is -4.06. The first-order valence-electron chi connectivity index (χ1n) is 17.4. The summed E-state index contributed by atoms with van der Waals surface area (Å²) in [6.45, 7) is 8.03. The predicted octanol–water partition coefficient (Wildman–Crippen LogP) is 8.61. The van der Waals surface area contributed by atoms with Gasteiger partial charge >= 0.3 is 7.82 Å². The fourth-order valence-electron chi connectivity index (χ4n) is 5.97. The number of ketones is 1. The molecular weight excluding hydrogens is 521 g/mol. The van der Waals surface area contributed by atoms with E-state index in [-0.39, 0.29) is 24.9 Å². The quantitative estimate of drug-likeness (QED) is 0.0649. The Morgan fingerprint density at radius 1 is 0.725 bits per heavy atom. The number of carbonyl (C=O) groups excluding carboxylic acids is 1. The number of likely N-dealkylation sites (tertiary alicyclic amines) is 1. The number of quaternary nitrogens is 1. The van der Waals surface area contributed by atoms with Gasteiger partial charge in [-0.15, -0.1) is 0 Å². The molecule has 0 bridgehead atoms. The second-order valence-corrected chi connectivity index (χ2v) is 13.9. The summed E-state index contributed by atoms with van der Waals surface area (Å²) in [5, 5.41) is 0. The Labute approximate surface area is 248 Å². The van der Waals surface area contributed by atoms with Crippen LogP contribution >= 0.6 is 7.82 Å². The maximum atomic E-state index is 12.4. The van der Waals surface area contributed by atoms with Crippen molar-refractivity contribution in [2.75, 3.05) is 32.8 Å². The van der Waals surface area contributed by atoms with Crippen molar-refractivity contribution >= 4 is 13.6 Å². The minimum Gasteiger partial charge on any atom is -0.335 e. The van der Waals surface area contributed by atoms with Crippen molar-refractivity contribution in [1.29, 1.82) is 0 Å². The van der Waals surface area contributed by atoms with Gasteiger partial charge in [0.15, 0.2) is 0 Å². The molecule has 0 aromatic rings. The molecule has 0 amide bonds. The highest BCUT2D eigenvalue weighted by Gasteiger charge is 2.25. The Morgan fingerprint density at radius 2 is 1.23 bits per heavy atom. The van der Waals surface area contributed by atoms with Crippen molar-refractivity contribution in [1.82, 2.24) is 0 Å². The number of phosphoric acid groups is 1. The monoisotopic (exact) mass is 588 g/mol. The van der Waals surface area contributed by atoms with Crippen LogP contribution in [0.1, 0.15) is 168 Å². The van der Waals surface area contributed by atoms with Crippen LogP contribution in [0.5, 0.6) is 0 Å². The summed E-state index contributed by atoms with van der Waals surface area (Å²) in [6.07, 6.45) is 28.9. The maximum absolute atomic E-state index is 12.4. The van der Waals surface area contributed by atoms with Gasteiger partial charge < -0.3 is 9.79 Å². The summed E-state index contributed by atoms with van der Waals surface area (Å²) in [5.74, 6) is 0.221. The van der Waals surface area contributed by atoms with Crippen LogP contribution in [0.4, 0.5) is 0 Å². The van der Waals surface area contributed by atoms with Gasteiger partial charge in [0.25, 0.3) is 0 Å². The zero-order valence-electron chi connectivity index (χ0n) is 26.6. The van der Waals surface area contributed by atoms with Gasteiger partial charge in [-0.25, -0.2) is 4.57 Å². The first kappa shape index (κ1) is 37.8. The van der Waals surface area contributed by atoms with Gasteiger partial charge in [0, 0.05) is 32.1 Å². The smallest absolute Gasteiger partial charge is 0.335 e. The summed E-state index contributed by atoms with van der Waals surface area (Å²) in [5.41, 5.74) is 0. The largest absolute Gasteiger partial charge is 0.472 e. The van der Waals surface area contributed by atoms with Crippen molar-refractivity contribution in [2.45, 2.75) is 168 Å². The Kier molecular flexibility index (Phi) is 24.9. The molecule has 0 aromatic heterocycles. The van der Waals surface area contributed by atoms with Crippen molar-refractivity contribution in [3.63, 3.8) is 0 Å². The predicted molar refractivity (Wildman–Crippen MR) is 168 cm³/mol. The van der Waals surface area contributed by atoms with E-state index in [2.05, 4.69) is 6.92 Å². The van der Waals surface area contributed by atoms with Gasteiger partial charge in [-0.2, -0.15) is 0 Å². The first-order chi connectivity index (χ1) is 19.5. The molecule has 2 atom stereocenters. The van der Waals surface area contributed by atoms with Crippen molar-refractivity contribution < 1.29 is 28.2 Å². The molecule has 40 heavy (non-hydrogen) atoms. The number of Topliss-reactive ketones (excluding diaryl/α,β-unsaturated/α-hetero) is 1. The third-order valence-corrected chi connectivity index (χ3v) is 9.46. The second kappa shape index (κ2) is 26.4. The van der Waals surface area contributed by atoms with Crippen LogP contribution in [0.25, 0.3) is 0 Å². The molecule has 0 aliphatic carbocycles. The van der Waals surface area contributed by atoms with E-state index in [1.807, 2.05) is 6.92 Å². The average Bonchev–Trinajstić information content (AvgIpc) is 3.45. The van der Waals surface area contributed by atoms with Crippen LogP contribution in [0, 0.1) is 5.92 Å². The van der Waals surface area contributed by atoms with Crippen LogP contribution < -0.4 is 4.90 Å². The van der Waals surface area contributed by atoms with E-state index in [1.165, 1.54) is 122 Å². The fraction of sp³-hybridized carbons (Fsp3) is 0.970. The Balaban J connectivity index is 2.07. The van der Waals surface area contributed by atoms with Crippen molar-refractivity contribution in [3.8, 4) is 0 Å². The molecule has 2 N–H and O–H groups in total. The molecule has 0 spiro atoms. The fourth-order valence-corrected chi connectivity index (χ4v) is 6.80. The number of phosphoric ester groups is 1. The molecule has 1 rings (SSSR count). The molecule has 0 aromatic carbocycles. The lowest BCUT2D eigenvalue weighted by atomic mass is 9.94. The van der Waals surface area contributed by atoms with Gasteiger partial charge in [0.2, 0.25) is 0 Å². The average molecular weight is 589 g/mol. The molecular formula is C33H67NO5P+. The van der Waals surface area contributed by atoms with Gasteiger partial charge in [0.1, 0.15) is 5.78 Å². The van der Waals surface area contributed by atoms with Gasteiger partial charge in [-0.3, -0.25) is 13.8 Å². The molecule has 2 unspecified atom stereocenters. The van der Waals surface area contributed by atoms with Gasteiger partial charge in [-0.1, -0.05) is 123 Å². The molecule has 1 heterocycles. The summed E-state index contributed by atoms with van der Waals surface area (Å²) >= 11 is 0. The number of nitrogens with one attached hydrogen (secondary N) is 1. The minimum absolute atomic E-state index is 0.00601. The molecule has 7 heteroatoms. The maximum Gasteiger partial charge on any atom is 0.472 e. The van der Waals surface area contributed by atoms with E-state index in [9.17, 15) is 14.3 Å². The lowest BCUT2D eigenvalue weighted by molar-refractivity contribution is -0.887. The number of carbonyl (C=O) groups is 1. The van der Waals surface area contributed by atoms with Gasteiger partial charge in [-0.05, 0) is 18.8 Å². The van der Waals surface area contributed by atoms with Crippen molar-refractivity contribution in [2.24, 2.45) is 5.92 Å². The Bertz CT molecular complexity index is 626. The molecule has 0 radical (unpaired) electrons. The standard InChI is InChI=1S/C33H66NO5P/c1-3-5-6-7-8-9-10-11-12-13-14-15-16-17-18-19-20-25-32(30-33(35)24-4-2)31-39-40(36,37)38-29-23-28-34-26-21-22-27-34/h32H,3-31H2,1-2H3,(H,36,37)/p+1. The summed E-state index contributed by atoms with van der Waals surface area (Å²) in [6, 6.07) is 0. The normalized spacial score (nSPS) is 16.4. The topological polar surface area (TPSA) is 77.3 Å². The summed E-state index contributed by atoms with van der Waals surface area (Å²) < 4.78 is 23.0. The lowest BCUT2D eigenvalue weighted by Gasteiger charge is -2.19. The molecule has 1 fully saturated rings. The third kappa shape index (κ3) is 23.3. The molecule has 6 nitrogen and oxygen atoms in total. The van der Waals surface area contributed by atoms with E-state index in [4.69, 9.17) is 9.05 Å². The first-order valence-corrected chi connectivity index (χ1v) is 18.9. The summed E-state index contributed by atoms with van der Waals surface area (Å²) in [4.78, 5) is 24.0.